The third-order valence-electron chi connectivity index (χ3n) is 3.48. The van der Waals surface area contributed by atoms with Gasteiger partial charge in [0.1, 0.15) is 5.82 Å². The highest BCUT2D eigenvalue weighted by Crippen LogP contribution is 2.17. The lowest BCUT2D eigenvalue weighted by molar-refractivity contribution is 0.545. The minimum atomic E-state index is 0.712. The van der Waals surface area contributed by atoms with Gasteiger partial charge in [0.05, 0.1) is 0 Å². The number of hydrogen-bond donors (Lipinski definition) is 1. The molecule has 0 fully saturated rings. The molecule has 0 radical (unpaired) electrons. The number of hydrogen-bond acceptors (Lipinski definition) is 3. The van der Waals surface area contributed by atoms with Crippen molar-refractivity contribution < 1.29 is 0 Å². The first kappa shape index (κ1) is 15.0. The third kappa shape index (κ3) is 3.98. The van der Waals surface area contributed by atoms with Gasteiger partial charge in [-0.3, -0.25) is 0 Å². The molecular weight excluding hydrogens is 222 g/mol. The second kappa shape index (κ2) is 7.37. The summed E-state index contributed by atoms with van der Waals surface area (Å²) >= 11 is 0. The fraction of sp³-hybridized carbons (Fsp3) is 0.667. The second-order valence-electron chi connectivity index (χ2n) is 5.00. The van der Waals surface area contributed by atoms with Crippen LogP contribution >= 0.6 is 0 Å². The molecule has 1 aromatic rings. The molecule has 18 heavy (non-hydrogen) atoms. The zero-order chi connectivity index (χ0) is 13.5. The summed E-state index contributed by atoms with van der Waals surface area (Å²) in [7, 11) is 1.97. The molecule has 0 spiro atoms. The maximum absolute atomic E-state index is 4.74. The molecule has 3 nitrogen and oxygen atoms in total. The number of pyridine rings is 1. The van der Waals surface area contributed by atoms with Crippen LogP contribution in [0.15, 0.2) is 12.1 Å². The number of aromatic nitrogens is 1. The van der Waals surface area contributed by atoms with Crippen LogP contribution in [0.5, 0.6) is 0 Å². The lowest BCUT2D eigenvalue weighted by atomic mass is 10.1. The topological polar surface area (TPSA) is 28.2 Å². The van der Waals surface area contributed by atoms with E-state index in [0.717, 1.165) is 31.1 Å². The minimum Gasteiger partial charge on any atom is -0.357 e. The lowest BCUT2D eigenvalue weighted by Crippen LogP contribution is -2.29. The highest BCUT2D eigenvalue weighted by Gasteiger charge is 2.10. The Morgan fingerprint density at radius 3 is 2.56 bits per heavy atom. The molecule has 1 atom stereocenters. The van der Waals surface area contributed by atoms with Crippen molar-refractivity contribution in [3.63, 3.8) is 0 Å². The first-order valence-electron chi connectivity index (χ1n) is 6.98. The molecule has 0 saturated heterocycles. The molecule has 0 amide bonds. The normalized spacial score (nSPS) is 12.5. The number of aryl methyl sites for hydroxylation is 1. The number of nitrogens with zero attached hydrogens (tertiary/aromatic N) is 2. The van der Waals surface area contributed by atoms with Crippen LogP contribution < -0.4 is 10.2 Å². The van der Waals surface area contributed by atoms with Gasteiger partial charge in [-0.05, 0) is 38.4 Å². The van der Waals surface area contributed by atoms with Crippen LogP contribution in [0.1, 0.15) is 38.4 Å². The summed E-state index contributed by atoms with van der Waals surface area (Å²) in [4.78, 5) is 7.10. The first-order chi connectivity index (χ1) is 8.62. The molecule has 0 aromatic carbocycles. The Morgan fingerprint density at radius 1 is 1.33 bits per heavy atom. The van der Waals surface area contributed by atoms with Crippen LogP contribution in [-0.2, 0) is 6.54 Å². The van der Waals surface area contributed by atoms with E-state index in [-0.39, 0.29) is 0 Å². The van der Waals surface area contributed by atoms with E-state index in [4.69, 9.17) is 4.98 Å². The van der Waals surface area contributed by atoms with Gasteiger partial charge in [-0.15, -0.1) is 0 Å². The molecule has 0 aliphatic carbocycles. The molecule has 1 N–H and O–H groups in total. The molecule has 1 unspecified atom stereocenters. The summed E-state index contributed by atoms with van der Waals surface area (Å²) in [6, 6.07) is 4.33. The van der Waals surface area contributed by atoms with Gasteiger partial charge in [-0.2, -0.15) is 0 Å². The van der Waals surface area contributed by atoms with E-state index in [1.807, 2.05) is 7.05 Å². The molecule has 1 aromatic heterocycles. The van der Waals surface area contributed by atoms with Crippen molar-refractivity contribution in [3.05, 3.63) is 23.4 Å². The van der Waals surface area contributed by atoms with Crippen LogP contribution in [0.2, 0.25) is 0 Å². The Bertz CT molecular complexity index is 363. The predicted molar refractivity (Wildman–Crippen MR) is 79.1 cm³/mol. The fourth-order valence-electron chi connectivity index (χ4n) is 2.02. The average Bonchev–Trinajstić information content (AvgIpc) is 2.38. The first-order valence-corrected chi connectivity index (χ1v) is 6.98. The van der Waals surface area contributed by atoms with Crippen molar-refractivity contribution in [2.45, 2.75) is 40.7 Å². The van der Waals surface area contributed by atoms with E-state index in [0.29, 0.717) is 5.92 Å². The monoisotopic (exact) mass is 249 g/mol. The summed E-state index contributed by atoms with van der Waals surface area (Å²) in [6.45, 7) is 11.8. The van der Waals surface area contributed by atoms with Gasteiger partial charge < -0.3 is 10.2 Å². The van der Waals surface area contributed by atoms with Gasteiger partial charge in [-0.25, -0.2) is 4.98 Å². The summed E-state index contributed by atoms with van der Waals surface area (Å²) in [5, 5.41) is 3.18. The average molecular weight is 249 g/mol. The number of nitrogens with one attached hydrogen (secondary N) is 1. The molecule has 3 heteroatoms. The van der Waals surface area contributed by atoms with E-state index in [1.165, 1.54) is 12.0 Å². The highest BCUT2D eigenvalue weighted by atomic mass is 15.2. The van der Waals surface area contributed by atoms with Crippen molar-refractivity contribution in [3.8, 4) is 0 Å². The van der Waals surface area contributed by atoms with Crippen LogP contribution in [-0.4, -0.2) is 25.1 Å². The highest BCUT2D eigenvalue weighted by molar-refractivity contribution is 5.41. The van der Waals surface area contributed by atoms with E-state index in [2.05, 4.69) is 50.0 Å². The molecular formula is C15H27N3. The molecule has 0 aliphatic rings. The molecule has 0 bridgehead atoms. The molecule has 0 saturated carbocycles. The molecule has 1 rings (SSSR count). The molecule has 1 heterocycles. The maximum atomic E-state index is 4.74. The zero-order valence-corrected chi connectivity index (χ0v) is 12.5. The van der Waals surface area contributed by atoms with Crippen LogP contribution in [0.3, 0.4) is 0 Å². The van der Waals surface area contributed by atoms with Gasteiger partial charge in [0, 0.05) is 25.3 Å². The summed E-state index contributed by atoms with van der Waals surface area (Å²) in [5.74, 6) is 1.82. The van der Waals surface area contributed by atoms with Crippen LogP contribution in [0.4, 0.5) is 5.82 Å². The Morgan fingerprint density at radius 2 is 2.06 bits per heavy atom. The zero-order valence-electron chi connectivity index (χ0n) is 12.5. The largest absolute Gasteiger partial charge is 0.357 e. The van der Waals surface area contributed by atoms with Crippen molar-refractivity contribution in [1.29, 1.82) is 0 Å². The predicted octanol–water partition coefficient (Wildman–Crippen LogP) is 2.98. The SMILES string of the molecule is CCC(C)CN(CC)c1ccc(CNC)c(C)n1. The van der Waals surface area contributed by atoms with Gasteiger partial charge in [0.25, 0.3) is 0 Å². The van der Waals surface area contributed by atoms with Gasteiger partial charge in [-0.1, -0.05) is 26.3 Å². The van der Waals surface area contributed by atoms with Gasteiger partial charge in [0.2, 0.25) is 0 Å². The molecule has 102 valence electrons. The van der Waals surface area contributed by atoms with Gasteiger partial charge >= 0.3 is 0 Å². The van der Waals surface area contributed by atoms with Crippen LogP contribution in [0.25, 0.3) is 0 Å². The Kier molecular flexibility index (Phi) is 6.13. The lowest BCUT2D eigenvalue weighted by Gasteiger charge is -2.25. The van der Waals surface area contributed by atoms with E-state index in [1.54, 1.807) is 0 Å². The molecule has 0 aliphatic heterocycles. The standard InChI is InChI=1S/C15H27N3/c1-6-12(3)11-18(7-2)15-9-8-14(10-16-5)13(4)17-15/h8-9,12,16H,6-7,10-11H2,1-5H3. The summed E-state index contributed by atoms with van der Waals surface area (Å²) in [5.41, 5.74) is 2.41. The fourth-order valence-corrected chi connectivity index (χ4v) is 2.02. The van der Waals surface area contributed by atoms with E-state index < -0.39 is 0 Å². The van der Waals surface area contributed by atoms with Gasteiger partial charge in [0.15, 0.2) is 0 Å². The Hall–Kier alpha value is -1.09. The third-order valence-corrected chi connectivity index (χ3v) is 3.48. The second-order valence-corrected chi connectivity index (χ2v) is 5.00. The Balaban J connectivity index is 2.83. The summed E-state index contributed by atoms with van der Waals surface area (Å²) in [6.07, 6.45) is 1.22. The van der Waals surface area contributed by atoms with Crippen molar-refractivity contribution in [1.82, 2.24) is 10.3 Å². The van der Waals surface area contributed by atoms with E-state index in [9.17, 15) is 0 Å². The smallest absolute Gasteiger partial charge is 0.128 e. The maximum Gasteiger partial charge on any atom is 0.128 e. The quantitative estimate of drug-likeness (QED) is 0.805. The van der Waals surface area contributed by atoms with Crippen molar-refractivity contribution in [2.75, 3.05) is 25.0 Å². The van der Waals surface area contributed by atoms with E-state index >= 15 is 0 Å². The Labute approximate surface area is 112 Å². The van der Waals surface area contributed by atoms with Crippen molar-refractivity contribution >= 4 is 5.82 Å². The summed E-state index contributed by atoms with van der Waals surface area (Å²) < 4.78 is 0. The number of rotatable bonds is 7. The van der Waals surface area contributed by atoms with Crippen molar-refractivity contribution in [2.24, 2.45) is 5.92 Å². The van der Waals surface area contributed by atoms with Crippen LogP contribution in [0, 0.1) is 12.8 Å². The number of anilines is 1. The minimum absolute atomic E-state index is 0.712.